The summed E-state index contributed by atoms with van der Waals surface area (Å²) >= 11 is 0. The summed E-state index contributed by atoms with van der Waals surface area (Å²) in [5.41, 5.74) is -0.414. The van der Waals surface area contributed by atoms with Gasteiger partial charge < -0.3 is 15.5 Å². The van der Waals surface area contributed by atoms with Gasteiger partial charge in [-0.3, -0.25) is 14.6 Å². The first-order chi connectivity index (χ1) is 9.25. The Morgan fingerprint density at radius 2 is 1.85 bits per heavy atom. The van der Waals surface area contributed by atoms with E-state index in [2.05, 4.69) is 10.3 Å². The highest BCUT2D eigenvalue weighted by Crippen LogP contribution is 2.58. The molecule has 1 aliphatic carbocycles. The van der Waals surface area contributed by atoms with Crippen LogP contribution in [-0.4, -0.2) is 33.0 Å². The fourth-order valence-electron chi connectivity index (χ4n) is 2.43. The van der Waals surface area contributed by atoms with Crippen LogP contribution in [0.15, 0.2) is 18.5 Å². The Morgan fingerprint density at radius 3 is 2.35 bits per heavy atom. The maximum atomic E-state index is 12.0. The van der Waals surface area contributed by atoms with Crippen molar-refractivity contribution < 1.29 is 24.6 Å². The second kappa shape index (κ2) is 4.59. The van der Waals surface area contributed by atoms with Crippen LogP contribution in [0.25, 0.3) is 0 Å². The number of hydrogen-bond donors (Lipinski definition) is 3. The number of aromatic nitrogens is 1. The Hall–Kier alpha value is -2.44. The molecule has 0 spiro atoms. The number of hydrogen-bond acceptors (Lipinski definition) is 4. The van der Waals surface area contributed by atoms with Crippen molar-refractivity contribution in [2.45, 2.75) is 13.8 Å². The van der Waals surface area contributed by atoms with E-state index in [1.807, 2.05) is 0 Å². The zero-order valence-corrected chi connectivity index (χ0v) is 11.0. The highest BCUT2D eigenvalue weighted by molar-refractivity contribution is 6.00. The van der Waals surface area contributed by atoms with E-state index >= 15 is 0 Å². The number of carboxylic acids is 2. The van der Waals surface area contributed by atoms with Crippen molar-refractivity contribution in [1.29, 1.82) is 0 Å². The largest absolute Gasteiger partial charge is 0.481 e. The Kier molecular flexibility index (Phi) is 3.21. The minimum Gasteiger partial charge on any atom is -0.481 e. The van der Waals surface area contributed by atoms with E-state index in [1.54, 1.807) is 13.8 Å². The van der Waals surface area contributed by atoms with Gasteiger partial charge in [0, 0.05) is 6.20 Å². The first kappa shape index (κ1) is 14.0. The molecule has 0 aliphatic heterocycles. The topological polar surface area (TPSA) is 117 Å². The van der Waals surface area contributed by atoms with E-state index in [4.69, 9.17) is 10.2 Å². The van der Waals surface area contributed by atoms with Crippen molar-refractivity contribution in [3.8, 4) is 0 Å². The molecule has 1 fully saturated rings. The van der Waals surface area contributed by atoms with Crippen LogP contribution in [0, 0.1) is 17.3 Å². The van der Waals surface area contributed by atoms with Gasteiger partial charge in [-0.2, -0.15) is 0 Å². The number of nitrogens with one attached hydrogen (secondary N) is 1. The molecule has 7 heteroatoms. The first-order valence-electron chi connectivity index (χ1n) is 5.97. The van der Waals surface area contributed by atoms with Gasteiger partial charge >= 0.3 is 11.9 Å². The van der Waals surface area contributed by atoms with Crippen LogP contribution < -0.4 is 5.32 Å². The third-order valence-electron chi connectivity index (χ3n) is 3.63. The molecule has 3 N–H and O–H groups in total. The standard InChI is InChI=1S/C13H14N2O5/c1-13(2)8(9(13)12(19)20)10(16)15-7-3-6(11(17)18)4-14-5-7/h3-5,8-9H,1-2H3,(H,15,16)(H,17,18)(H,19,20)/t8-,9-/m1/s1. The number of amides is 1. The molecule has 20 heavy (non-hydrogen) atoms. The summed E-state index contributed by atoms with van der Waals surface area (Å²) in [6, 6.07) is 1.28. The average molecular weight is 278 g/mol. The zero-order chi connectivity index (χ0) is 15.1. The molecule has 2 atom stereocenters. The molecule has 7 nitrogen and oxygen atoms in total. The molecule has 0 saturated heterocycles. The quantitative estimate of drug-likeness (QED) is 0.758. The average Bonchev–Trinajstić information content (AvgIpc) is 2.93. The number of rotatable bonds is 4. The molecule has 1 amide bonds. The van der Waals surface area contributed by atoms with E-state index in [0.29, 0.717) is 0 Å². The van der Waals surface area contributed by atoms with Crippen LogP contribution in [0.3, 0.4) is 0 Å². The van der Waals surface area contributed by atoms with Gasteiger partial charge in [0.2, 0.25) is 5.91 Å². The normalized spacial score (nSPS) is 22.9. The molecule has 1 heterocycles. The predicted molar refractivity (Wildman–Crippen MR) is 68.2 cm³/mol. The smallest absolute Gasteiger partial charge is 0.337 e. The highest BCUT2D eigenvalue weighted by Gasteiger charge is 2.65. The van der Waals surface area contributed by atoms with Gasteiger partial charge in [-0.15, -0.1) is 0 Å². The van der Waals surface area contributed by atoms with Crippen molar-refractivity contribution >= 4 is 23.5 Å². The second-order valence-electron chi connectivity index (χ2n) is 5.37. The van der Waals surface area contributed by atoms with Gasteiger partial charge in [0.05, 0.1) is 29.3 Å². The fraction of sp³-hybridized carbons (Fsp3) is 0.385. The lowest BCUT2D eigenvalue weighted by Crippen LogP contribution is -2.18. The van der Waals surface area contributed by atoms with E-state index in [9.17, 15) is 14.4 Å². The van der Waals surface area contributed by atoms with Crippen LogP contribution in [-0.2, 0) is 9.59 Å². The Morgan fingerprint density at radius 1 is 1.20 bits per heavy atom. The number of carboxylic acid groups (broad SMARTS) is 2. The Bertz CT molecular complexity index is 596. The summed E-state index contributed by atoms with van der Waals surface area (Å²) in [5.74, 6) is -3.95. The van der Waals surface area contributed by atoms with Gasteiger partial charge in [-0.05, 0) is 11.5 Å². The molecule has 0 unspecified atom stereocenters. The molecule has 0 aromatic carbocycles. The SMILES string of the molecule is CC1(C)[C@@H](C(=O)O)[C@@H]1C(=O)Nc1cncc(C(=O)O)c1. The van der Waals surface area contributed by atoms with Gasteiger partial charge in [0.15, 0.2) is 0 Å². The molecular weight excluding hydrogens is 264 g/mol. The van der Waals surface area contributed by atoms with Crippen molar-refractivity contribution in [3.63, 3.8) is 0 Å². The number of pyridine rings is 1. The van der Waals surface area contributed by atoms with E-state index in [0.717, 1.165) is 0 Å². The van der Waals surface area contributed by atoms with E-state index in [-0.39, 0.29) is 11.3 Å². The maximum Gasteiger partial charge on any atom is 0.337 e. The lowest BCUT2D eigenvalue weighted by atomic mass is 10.1. The van der Waals surface area contributed by atoms with Crippen molar-refractivity contribution in [2.24, 2.45) is 17.3 Å². The van der Waals surface area contributed by atoms with Crippen molar-refractivity contribution in [3.05, 3.63) is 24.0 Å². The molecule has 2 rings (SSSR count). The molecule has 1 saturated carbocycles. The summed E-state index contributed by atoms with van der Waals surface area (Å²) in [5, 5.41) is 20.4. The number of carbonyl (C=O) groups is 3. The lowest BCUT2D eigenvalue weighted by molar-refractivity contribution is -0.140. The molecule has 1 aliphatic rings. The first-order valence-corrected chi connectivity index (χ1v) is 5.97. The van der Waals surface area contributed by atoms with Crippen molar-refractivity contribution in [2.75, 3.05) is 5.32 Å². The number of carbonyl (C=O) groups excluding carboxylic acids is 1. The molecule has 106 valence electrons. The maximum absolute atomic E-state index is 12.0. The fourth-order valence-corrected chi connectivity index (χ4v) is 2.43. The summed E-state index contributed by atoms with van der Waals surface area (Å²) in [7, 11) is 0. The number of aliphatic carboxylic acids is 1. The van der Waals surface area contributed by atoms with Gasteiger partial charge in [0.1, 0.15) is 0 Å². The molecule has 1 aromatic heterocycles. The van der Waals surface area contributed by atoms with Gasteiger partial charge in [-0.25, -0.2) is 4.79 Å². The Labute approximate surface area is 114 Å². The molecule has 1 aromatic rings. The van der Waals surface area contributed by atoms with Gasteiger partial charge in [0.25, 0.3) is 0 Å². The van der Waals surface area contributed by atoms with E-state index < -0.39 is 35.1 Å². The van der Waals surface area contributed by atoms with Crippen LogP contribution in [0.1, 0.15) is 24.2 Å². The monoisotopic (exact) mass is 278 g/mol. The summed E-state index contributed by atoms with van der Waals surface area (Å²) in [6.07, 6.45) is 2.48. The van der Waals surface area contributed by atoms with Crippen LogP contribution >= 0.6 is 0 Å². The summed E-state index contributed by atoms with van der Waals surface area (Å²) in [6.45, 7) is 3.42. The molecular formula is C13H14N2O5. The van der Waals surface area contributed by atoms with Crippen LogP contribution in [0.2, 0.25) is 0 Å². The molecule has 0 radical (unpaired) electrons. The summed E-state index contributed by atoms with van der Waals surface area (Å²) < 4.78 is 0. The minimum atomic E-state index is -1.15. The zero-order valence-electron chi connectivity index (χ0n) is 11.0. The lowest BCUT2D eigenvalue weighted by Gasteiger charge is -2.06. The van der Waals surface area contributed by atoms with Crippen LogP contribution in [0.5, 0.6) is 0 Å². The predicted octanol–water partition coefficient (Wildman–Crippen LogP) is 1.08. The van der Waals surface area contributed by atoms with Crippen LogP contribution in [0.4, 0.5) is 5.69 Å². The van der Waals surface area contributed by atoms with Gasteiger partial charge in [-0.1, -0.05) is 13.8 Å². The number of anilines is 1. The third kappa shape index (κ3) is 2.34. The Balaban J connectivity index is 2.12. The third-order valence-corrected chi connectivity index (χ3v) is 3.63. The second-order valence-corrected chi connectivity index (χ2v) is 5.37. The van der Waals surface area contributed by atoms with Crippen molar-refractivity contribution in [1.82, 2.24) is 4.98 Å². The highest BCUT2D eigenvalue weighted by atomic mass is 16.4. The van der Waals surface area contributed by atoms with E-state index in [1.165, 1.54) is 18.5 Å². The number of aromatic carboxylic acids is 1. The number of nitrogens with zero attached hydrogens (tertiary/aromatic N) is 1. The minimum absolute atomic E-state index is 0.0485. The molecule has 0 bridgehead atoms. The summed E-state index contributed by atoms with van der Waals surface area (Å²) in [4.78, 5) is 37.6.